The number of rotatable bonds is 5. The maximum absolute atomic E-state index is 5.48. The number of benzene rings is 1. The van der Waals surface area contributed by atoms with Crippen LogP contribution in [-0.4, -0.2) is 35.3 Å². The van der Waals surface area contributed by atoms with Crippen molar-refractivity contribution >= 4 is 17.2 Å². The molecular weight excluding hydrogens is 350 g/mol. The molecule has 8 nitrogen and oxygen atoms in total. The molecule has 3 aromatic rings. The van der Waals surface area contributed by atoms with Gasteiger partial charge in [-0.05, 0) is 40.7 Å². The molecule has 1 aliphatic carbocycles. The Balaban J connectivity index is 1.49. The zero-order chi connectivity index (χ0) is 17.8. The Morgan fingerprint density at radius 3 is 2.92 bits per heavy atom. The third-order valence-corrected chi connectivity index (χ3v) is 4.33. The van der Waals surface area contributed by atoms with Crippen molar-refractivity contribution in [2.45, 2.75) is 19.4 Å². The van der Waals surface area contributed by atoms with Crippen LogP contribution in [0.15, 0.2) is 35.5 Å². The lowest BCUT2D eigenvalue weighted by Gasteiger charge is -2.04. The predicted molar refractivity (Wildman–Crippen MR) is 95.2 cm³/mol. The quantitative estimate of drug-likeness (QED) is 0.389. The van der Waals surface area contributed by atoms with Crippen molar-refractivity contribution in [3.05, 3.63) is 52.6 Å². The standard InChI is InChI=1S/C17H15N7OS/c1-24-17(19-22-23-24)16(13-5-3-2-4-6-13)20-25-11-14-18-15(26-21-14)10-9-12-7-8-12/h2-6,12H,7-8,11H2,1H3/b20-16+. The van der Waals surface area contributed by atoms with Gasteiger partial charge in [0.05, 0.1) is 0 Å². The minimum Gasteiger partial charge on any atom is -0.387 e. The van der Waals surface area contributed by atoms with E-state index in [1.807, 2.05) is 30.3 Å². The molecule has 0 radical (unpaired) electrons. The Morgan fingerprint density at radius 1 is 1.35 bits per heavy atom. The Bertz CT molecular complexity index is 979. The van der Waals surface area contributed by atoms with Crippen LogP contribution in [0.4, 0.5) is 0 Å². The van der Waals surface area contributed by atoms with Gasteiger partial charge < -0.3 is 4.84 Å². The van der Waals surface area contributed by atoms with Crippen molar-refractivity contribution in [1.82, 2.24) is 29.6 Å². The number of oxime groups is 1. The van der Waals surface area contributed by atoms with Gasteiger partial charge in [-0.1, -0.05) is 41.4 Å². The van der Waals surface area contributed by atoms with E-state index < -0.39 is 0 Å². The highest BCUT2D eigenvalue weighted by molar-refractivity contribution is 7.06. The van der Waals surface area contributed by atoms with Crippen LogP contribution in [0.25, 0.3) is 0 Å². The van der Waals surface area contributed by atoms with E-state index in [2.05, 4.69) is 41.9 Å². The van der Waals surface area contributed by atoms with Crippen LogP contribution in [0, 0.1) is 17.8 Å². The van der Waals surface area contributed by atoms with Crippen LogP contribution in [0.3, 0.4) is 0 Å². The second-order valence-corrected chi connectivity index (χ2v) is 6.52. The number of tetrazole rings is 1. The lowest BCUT2D eigenvalue weighted by Crippen LogP contribution is -2.12. The fraction of sp³-hybridized carbons (Fsp3) is 0.294. The maximum atomic E-state index is 5.48. The smallest absolute Gasteiger partial charge is 0.204 e. The third-order valence-electron chi connectivity index (χ3n) is 3.66. The molecule has 4 rings (SSSR count). The van der Waals surface area contributed by atoms with Crippen molar-refractivity contribution in [3.8, 4) is 11.8 Å². The van der Waals surface area contributed by atoms with Crippen LogP contribution in [0.5, 0.6) is 0 Å². The van der Waals surface area contributed by atoms with Crippen LogP contribution < -0.4 is 0 Å². The predicted octanol–water partition coefficient (Wildman–Crippen LogP) is 1.79. The molecular formula is C17H15N7OS. The topological polar surface area (TPSA) is 91.0 Å². The highest BCUT2D eigenvalue weighted by Crippen LogP contribution is 2.27. The fourth-order valence-corrected chi connectivity index (χ4v) is 2.69. The molecule has 0 spiro atoms. The van der Waals surface area contributed by atoms with Gasteiger partial charge in [0.1, 0.15) is 0 Å². The molecule has 0 atom stereocenters. The minimum atomic E-state index is 0.156. The first kappa shape index (κ1) is 16.4. The summed E-state index contributed by atoms with van der Waals surface area (Å²) in [6, 6.07) is 9.61. The Morgan fingerprint density at radius 2 is 2.19 bits per heavy atom. The Labute approximate surface area is 154 Å². The van der Waals surface area contributed by atoms with Crippen LogP contribution in [0.1, 0.15) is 35.1 Å². The Kier molecular flexibility index (Phi) is 4.66. The second-order valence-electron chi connectivity index (χ2n) is 5.76. The summed E-state index contributed by atoms with van der Waals surface area (Å²) in [5.74, 6) is 7.84. The molecule has 1 aliphatic rings. The molecule has 2 aromatic heterocycles. The normalized spacial score (nSPS) is 14.0. The molecule has 0 saturated heterocycles. The average molecular weight is 365 g/mol. The van der Waals surface area contributed by atoms with E-state index in [0.717, 1.165) is 5.56 Å². The van der Waals surface area contributed by atoms with Crippen molar-refractivity contribution in [2.75, 3.05) is 0 Å². The first-order valence-electron chi connectivity index (χ1n) is 8.12. The molecule has 0 bridgehead atoms. The first-order chi connectivity index (χ1) is 12.8. The summed E-state index contributed by atoms with van der Waals surface area (Å²) in [4.78, 5) is 9.83. The zero-order valence-electron chi connectivity index (χ0n) is 14.0. The van der Waals surface area contributed by atoms with E-state index in [9.17, 15) is 0 Å². The summed E-state index contributed by atoms with van der Waals surface area (Å²) in [6.07, 6.45) is 2.38. The largest absolute Gasteiger partial charge is 0.387 e. The molecule has 0 amide bonds. The van der Waals surface area contributed by atoms with Gasteiger partial charge in [0.25, 0.3) is 0 Å². The molecule has 0 N–H and O–H groups in total. The van der Waals surface area contributed by atoms with E-state index in [1.165, 1.54) is 24.4 Å². The monoisotopic (exact) mass is 365 g/mol. The Hall–Kier alpha value is -3.12. The van der Waals surface area contributed by atoms with Crippen LogP contribution in [0.2, 0.25) is 0 Å². The summed E-state index contributed by atoms with van der Waals surface area (Å²) in [7, 11) is 1.75. The maximum Gasteiger partial charge on any atom is 0.204 e. The lowest BCUT2D eigenvalue weighted by atomic mass is 10.1. The number of hydrogen-bond acceptors (Lipinski definition) is 8. The summed E-state index contributed by atoms with van der Waals surface area (Å²) in [6.45, 7) is 0.156. The molecule has 1 saturated carbocycles. The van der Waals surface area contributed by atoms with Gasteiger partial charge in [-0.15, -0.1) is 5.10 Å². The minimum absolute atomic E-state index is 0.156. The molecule has 1 aromatic carbocycles. The van der Waals surface area contributed by atoms with Gasteiger partial charge in [0, 0.05) is 18.5 Å². The molecule has 0 unspecified atom stereocenters. The molecule has 130 valence electrons. The van der Waals surface area contributed by atoms with Gasteiger partial charge in [0.15, 0.2) is 23.2 Å². The van der Waals surface area contributed by atoms with Crippen molar-refractivity contribution in [3.63, 3.8) is 0 Å². The summed E-state index contributed by atoms with van der Waals surface area (Å²) >= 11 is 1.28. The van der Waals surface area contributed by atoms with Crippen molar-refractivity contribution in [2.24, 2.45) is 18.1 Å². The van der Waals surface area contributed by atoms with Gasteiger partial charge in [-0.2, -0.15) is 4.37 Å². The van der Waals surface area contributed by atoms with E-state index in [-0.39, 0.29) is 6.61 Å². The lowest BCUT2D eigenvalue weighted by molar-refractivity contribution is 0.125. The molecule has 0 aliphatic heterocycles. The average Bonchev–Trinajstić information content (AvgIpc) is 3.24. The van der Waals surface area contributed by atoms with Crippen molar-refractivity contribution in [1.29, 1.82) is 0 Å². The van der Waals surface area contributed by atoms with E-state index >= 15 is 0 Å². The summed E-state index contributed by atoms with van der Waals surface area (Å²) in [5, 5.41) is 16.5. The van der Waals surface area contributed by atoms with Gasteiger partial charge in [-0.25, -0.2) is 9.67 Å². The summed E-state index contributed by atoms with van der Waals surface area (Å²) < 4.78 is 5.80. The van der Waals surface area contributed by atoms with Crippen LogP contribution in [-0.2, 0) is 18.5 Å². The van der Waals surface area contributed by atoms with E-state index in [4.69, 9.17) is 4.84 Å². The number of nitrogens with zero attached hydrogens (tertiary/aromatic N) is 7. The van der Waals surface area contributed by atoms with Gasteiger partial charge in [0.2, 0.25) is 5.82 Å². The molecule has 9 heteroatoms. The highest BCUT2D eigenvalue weighted by Gasteiger charge is 2.18. The van der Waals surface area contributed by atoms with E-state index in [0.29, 0.717) is 28.3 Å². The number of aromatic nitrogens is 6. The number of aryl methyl sites for hydroxylation is 1. The zero-order valence-corrected chi connectivity index (χ0v) is 14.8. The SMILES string of the molecule is Cn1nnnc1/C(=N/OCc1nsc(C#CC2CC2)n1)c1ccccc1. The first-order valence-corrected chi connectivity index (χ1v) is 8.89. The molecule has 2 heterocycles. The van der Waals surface area contributed by atoms with E-state index in [1.54, 1.807) is 11.7 Å². The van der Waals surface area contributed by atoms with Gasteiger partial charge >= 0.3 is 0 Å². The summed E-state index contributed by atoms with van der Waals surface area (Å²) in [5.41, 5.74) is 1.40. The second kappa shape index (κ2) is 7.41. The fourth-order valence-electron chi connectivity index (χ4n) is 2.16. The number of hydrogen-bond donors (Lipinski definition) is 0. The highest BCUT2D eigenvalue weighted by atomic mass is 32.1. The molecule has 26 heavy (non-hydrogen) atoms. The van der Waals surface area contributed by atoms with Gasteiger partial charge in [-0.3, -0.25) is 0 Å². The molecule has 1 fully saturated rings. The third kappa shape index (κ3) is 3.92. The van der Waals surface area contributed by atoms with Crippen LogP contribution >= 0.6 is 11.5 Å². The van der Waals surface area contributed by atoms with Crippen molar-refractivity contribution < 1.29 is 4.84 Å².